The van der Waals surface area contributed by atoms with Gasteiger partial charge in [-0.15, -0.1) is 0 Å². The summed E-state index contributed by atoms with van der Waals surface area (Å²) in [5.41, 5.74) is 1.05. The molecule has 1 aromatic carbocycles. The van der Waals surface area contributed by atoms with Crippen LogP contribution in [0.3, 0.4) is 0 Å². The molecule has 2 amide bonds. The Morgan fingerprint density at radius 2 is 2.27 bits per heavy atom. The number of hydrogen-bond acceptors (Lipinski definition) is 3. The molecule has 6 heteroatoms. The molecule has 1 fully saturated rings. The number of halogens is 1. The van der Waals surface area contributed by atoms with Gasteiger partial charge in [-0.25, -0.2) is 0 Å². The third-order valence-electron chi connectivity index (χ3n) is 3.63. The number of nitrogens with zero attached hydrogens (tertiary/aromatic N) is 1. The lowest BCUT2D eigenvalue weighted by molar-refractivity contribution is -0.129. The zero-order valence-electron chi connectivity index (χ0n) is 12.8. The Bertz CT molecular complexity index is 536. The highest BCUT2D eigenvalue weighted by atomic mass is 35.5. The minimum absolute atomic E-state index is 0.0802. The molecule has 1 atom stereocenters. The molecule has 5 nitrogen and oxygen atoms in total. The molecule has 120 valence electrons. The number of likely N-dealkylation sites (N-methyl/N-ethyl adjacent to an activating group) is 1. The summed E-state index contributed by atoms with van der Waals surface area (Å²) in [5, 5.41) is 6.32. The van der Waals surface area contributed by atoms with E-state index < -0.39 is 6.04 Å². The number of hydrogen-bond donors (Lipinski definition) is 2. The minimum Gasteiger partial charge on any atom is -0.354 e. The van der Waals surface area contributed by atoms with Crippen molar-refractivity contribution in [3.05, 3.63) is 34.9 Å². The Balaban J connectivity index is 1.81. The highest BCUT2D eigenvalue weighted by molar-refractivity contribution is 6.30. The summed E-state index contributed by atoms with van der Waals surface area (Å²) in [7, 11) is 1.87. The average molecular weight is 324 g/mol. The van der Waals surface area contributed by atoms with E-state index in [-0.39, 0.29) is 18.4 Å². The van der Waals surface area contributed by atoms with Gasteiger partial charge in [-0.3, -0.25) is 14.5 Å². The van der Waals surface area contributed by atoms with Crippen molar-refractivity contribution in [2.24, 2.45) is 0 Å². The first-order valence-corrected chi connectivity index (χ1v) is 7.92. The fourth-order valence-corrected chi connectivity index (χ4v) is 2.78. The van der Waals surface area contributed by atoms with Crippen LogP contribution in [0.15, 0.2) is 24.3 Å². The second-order valence-corrected chi connectivity index (χ2v) is 6.15. The van der Waals surface area contributed by atoms with E-state index in [0.29, 0.717) is 24.5 Å². The van der Waals surface area contributed by atoms with Crippen LogP contribution in [-0.2, 0) is 16.1 Å². The number of rotatable bonds is 5. The van der Waals surface area contributed by atoms with E-state index in [2.05, 4.69) is 10.6 Å². The lowest BCUT2D eigenvalue weighted by Crippen LogP contribution is -2.48. The first-order valence-electron chi connectivity index (χ1n) is 7.54. The highest BCUT2D eigenvalue weighted by Gasteiger charge is 2.22. The van der Waals surface area contributed by atoms with Crippen LogP contribution in [0.1, 0.15) is 24.8 Å². The second kappa shape index (κ2) is 8.15. The molecule has 0 bridgehead atoms. The van der Waals surface area contributed by atoms with Crippen LogP contribution in [0.2, 0.25) is 5.02 Å². The van der Waals surface area contributed by atoms with E-state index in [0.717, 1.165) is 18.4 Å². The predicted octanol–water partition coefficient (Wildman–Crippen LogP) is 1.56. The molecule has 0 aliphatic carbocycles. The maximum Gasteiger partial charge on any atom is 0.242 e. The summed E-state index contributed by atoms with van der Waals surface area (Å²) >= 11 is 5.95. The molecule has 1 unspecified atom stereocenters. The molecule has 1 saturated heterocycles. The van der Waals surface area contributed by atoms with Crippen LogP contribution >= 0.6 is 11.6 Å². The number of carbonyl (C=O) groups excluding carboxylic acids is 2. The van der Waals surface area contributed by atoms with Gasteiger partial charge in [0.05, 0.1) is 6.54 Å². The molecule has 22 heavy (non-hydrogen) atoms. The number of amides is 2. The third kappa shape index (κ3) is 5.31. The minimum atomic E-state index is -0.408. The molecule has 0 saturated carbocycles. The molecular formula is C16H22ClN3O2. The van der Waals surface area contributed by atoms with Gasteiger partial charge in [-0.2, -0.15) is 0 Å². The zero-order valence-corrected chi connectivity index (χ0v) is 13.5. The fourth-order valence-electron chi connectivity index (χ4n) is 2.57. The molecule has 2 N–H and O–H groups in total. The molecule has 1 heterocycles. The van der Waals surface area contributed by atoms with E-state index in [4.69, 9.17) is 11.6 Å². The average Bonchev–Trinajstić information content (AvgIpc) is 2.64. The molecular weight excluding hydrogens is 302 g/mol. The number of nitrogens with one attached hydrogen (secondary N) is 2. The normalized spacial score (nSPS) is 18.7. The van der Waals surface area contributed by atoms with Crippen molar-refractivity contribution < 1.29 is 9.59 Å². The summed E-state index contributed by atoms with van der Waals surface area (Å²) in [6.45, 7) is 1.57. The van der Waals surface area contributed by atoms with E-state index in [1.807, 2.05) is 36.2 Å². The monoisotopic (exact) mass is 323 g/mol. The van der Waals surface area contributed by atoms with Crippen molar-refractivity contribution in [1.29, 1.82) is 0 Å². The molecule has 2 rings (SSSR count). The largest absolute Gasteiger partial charge is 0.354 e. The van der Waals surface area contributed by atoms with Gasteiger partial charge in [-0.05, 0) is 44.0 Å². The summed E-state index contributed by atoms with van der Waals surface area (Å²) in [6, 6.07) is 7.16. The van der Waals surface area contributed by atoms with Gasteiger partial charge in [0, 0.05) is 18.1 Å². The molecule has 0 radical (unpaired) electrons. The smallest absolute Gasteiger partial charge is 0.242 e. The molecule has 1 aliphatic heterocycles. The number of carbonyl (C=O) groups is 2. The zero-order chi connectivity index (χ0) is 15.9. The maximum absolute atomic E-state index is 12.1. The van der Waals surface area contributed by atoms with Gasteiger partial charge in [0.2, 0.25) is 11.8 Å². The van der Waals surface area contributed by atoms with Crippen molar-refractivity contribution in [3.8, 4) is 0 Å². The van der Waals surface area contributed by atoms with Crippen LogP contribution in [0.5, 0.6) is 0 Å². The van der Waals surface area contributed by atoms with Crippen LogP contribution in [0.4, 0.5) is 0 Å². The SMILES string of the molecule is CN(CC(=O)NC1CCCCNC1=O)Cc1cccc(Cl)c1. The van der Waals surface area contributed by atoms with Crippen LogP contribution in [0, 0.1) is 0 Å². The van der Waals surface area contributed by atoms with Gasteiger partial charge < -0.3 is 10.6 Å². The van der Waals surface area contributed by atoms with E-state index in [1.165, 1.54) is 0 Å². The Morgan fingerprint density at radius 1 is 1.45 bits per heavy atom. The van der Waals surface area contributed by atoms with Crippen LogP contribution in [0.25, 0.3) is 0 Å². The van der Waals surface area contributed by atoms with E-state index in [1.54, 1.807) is 0 Å². The van der Waals surface area contributed by atoms with Gasteiger partial charge in [-0.1, -0.05) is 23.7 Å². The second-order valence-electron chi connectivity index (χ2n) is 5.71. The van der Waals surface area contributed by atoms with Crippen molar-refractivity contribution in [3.63, 3.8) is 0 Å². The molecule has 1 aliphatic rings. The summed E-state index contributed by atoms with van der Waals surface area (Å²) in [6.07, 6.45) is 2.62. The molecule has 0 aromatic heterocycles. The topological polar surface area (TPSA) is 61.4 Å². The van der Waals surface area contributed by atoms with Crippen molar-refractivity contribution in [2.45, 2.75) is 31.8 Å². The lowest BCUT2D eigenvalue weighted by Gasteiger charge is -2.19. The Morgan fingerprint density at radius 3 is 3.05 bits per heavy atom. The number of benzene rings is 1. The summed E-state index contributed by atoms with van der Waals surface area (Å²) in [4.78, 5) is 25.8. The lowest BCUT2D eigenvalue weighted by atomic mass is 10.1. The quantitative estimate of drug-likeness (QED) is 0.864. The Kier molecular flexibility index (Phi) is 6.21. The fraction of sp³-hybridized carbons (Fsp3) is 0.500. The van der Waals surface area contributed by atoms with Crippen LogP contribution < -0.4 is 10.6 Å². The van der Waals surface area contributed by atoms with Crippen molar-refractivity contribution in [1.82, 2.24) is 15.5 Å². The van der Waals surface area contributed by atoms with Crippen molar-refractivity contribution >= 4 is 23.4 Å². The third-order valence-corrected chi connectivity index (χ3v) is 3.86. The standard InChI is InChI=1S/C16H22ClN3O2/c1-20(10-12-5-4-6-13(17)9-12)11-15(21)19-14-7-2-3-8-18-16(14)22/h4-6,9,14H,2-3,7-8,10-11H2,1H3,(H,18,22)(H,19,21). The van der Waals surface area contributed by atoms with E-state index >= 15 is 0 Å². The summed E-state index contributed by atoms with van der Waals surface area (Å²) in [5.74, 6) is -0.213. The van der Waals surface area contributed by atoms with Gasteiger partial charge in [0.25, 0.3) is 0 Å². The highest BCUT2D eigenvalue weighted by Crippen LogP contribution is 2.12. The Hall–Kier alpha value is -1.59. The van der Waals surface area contributed by atoms with Crippen molar-refractivity contribution in [2.75, 3.05) is 20.1 Å². The first kappa shape index (κ1) is 16.8. The Labute approximate surface area is 136 Å². The van der Waals surface area contributed by atoms with E-state index in [9.17, 15) is 9.59 Å². The van der Waals surface area contributed by atoms with Gasteiger partial charge >= 0.3 is 0 Å². The molecule has 0 spiro atoms. The predicted molar refractivity (Wildman–Crippen MR) is 86.6 cm³/mol. The first-order chi connectivity index (χ1) is 10.5. The van der Waals surface area contributed by atoms with Gasteiger partial charge in [0.1, 0.15) is 6.04 Å². The maximum atomic E-state index is 12.1. The van der Waals surface area contributed by atoms with Crippen LogP contribution in [-0.4, -0.2) is 42.9 Å². The van der Waals surface area contributed by atoms with Gasteiger partial charge in [0.15, 0.2) is 0 Å². The molecule has 1 aromatic rings. The summed E-state index contributed by atoms with van der Waals surface area (Å²) < 4.78 is 0.